The molecule has 0 aromatic carbocycles. The molecule has 1 saturated heterocycles. The molecule has 0 spiro atoms. The lowest BCUT2D eigenvalue weighted by molar-refractivity contribution is -0.131. The third-order valence-electron chi connectivity index (χ3n) is 3.01. The summed E-state index contributed by atoms with van der Waals surface area (Å²) in [6, 6.07) is 0. The monoisotopic (exact) mass is 213 g/mol. The number of carbonyl (C=O) groups excluding carboxylic acids is 1. The highest BCUT2D eigenvalue weighted by Crippen LogP contribution is 2.21. The number of ketones is 1. The summed E-state index contributed by atoms with van der Waals surface area (Å²) >= 11 is 0. The molecule has 0 aliphatic carbocycles. The molecule has 2 N–H and O–H groups in total. The topological polar surface area (TPSA) is 52.3 Å². The molecule has 3 nitrogen and oxygen atoms in total. The van der Waals surface area contributed by atoms with Crippen LogP contribution in [0.5, 0.6) is 0 Å². The number of carbonyl (C=O) groups is 1. The average molecular weight is 213 g/mol. The van der Waals surface area contributed by atoms with Crippen LogP contribution >= 0.6 is 0 Å². The van der Waals surface area contributed by atoms with Crippen LogP contribution in [0.1, 0.15) is 33.1 Å². The first-order valence-corrected chi connectivity index (χ1v) is 5.96. The summed E-state index contributed by atoms with van der Waals surface area (Å²) in [5, 5.41) is 0. The Hall–Kier alpha value is -0.410. The van der Waals surface area contributed by atoms with Crippen LogP contribution in [-0.2, 0) is 9.53 Å². The molecule has 88 valence electrons. The van der Waals surface area contributed by atoms with Crippen LogP contribution in [0.3, 0.4) is 0 Å². The fourth-order valence-corrected chi connectivity index (χ4v) is 2.20. The van der Waals surface area contributed by atoms with E-state index in [0.717, 1.165) is 25.9 Å². The zero-order valence-corrected chi connectivity index (χ0v) is 9.87. The fraction of sp³-hybridized carbons (Fsp3) is 0.917. The SMILES string of the molecule is CC(C)CC(CN)C(=O)C1CCCOC1. The Morgan fingerprint density at radius 3 is 2.73 bits per heavy atom. The quantitative estimate of drug-likeness (QED) is 0.754. The van der Waals surface area contributed by atoms with Crippen LogP contribution < -0.4 is 5.73 Å². The third kappa shape index (κ3) is 3.92. The fourth-order valence-electron chi connectivity index (χ4n) is 2.20. The molecule has 15 heavy (non-hydrogen) atoms. The van der Waals surface area contributed by atoms with Crippen molar-refractivity contribution in [1.82, 2.24) is 0 Å². The molecule has 2 unspecified atom stereocenters. The standard InChI is InChI=1S/C12H23NO2/c1-9(2)6-11(7-13)12(14)10-4-3-5-15-8-10/h9-11H,3-8,13H2,1-2H3. The van der Waals surface area contributed by atoms with Gasteiger partial charge in [-0.1, -0.05) is 13.8 Å². The van der Waals surface area contributed by atoms with Crippen molar-refractivity contribution in [2.24, 2.45) is 23.5 Å². The van der Waals surface area contributed by atoms with Crippen LogP contribution in [0.25, 0.3) is 0 Å². The first kappa shape index (κ1) is 12.7. The summed E-state index contributed by atoms with van der Waals surface area (Å²) in [4.78, 5) is 12.1. The predicted molar refractivity (Wildman–Crippen MR) is 60.5 cm³/mol. The molecule has 1 fully saturated rings. The Bertz CT molecular complexity index is 198. The van der Waals surface area contributed by atoms with E-state index in [9.17, 15) is 4.79 Å². The van der Waals surface area contributed by atoms with E-state index in [4.69, 9.17) is 10.5 Å². The van der Waals surface area contributed by atoms with Gasteiger partial charge in [0.05, 0.1) is 6.61 Å². The van der Waals surface area contributed by atoms with E-state index >= 15 is 0 Å². The average Bonchev–Trinajstić information content (AvgIpc) is 2.26. The summed E-state index contributed by atoms with van der Waals surface area (Å²) in [5.41, 5.74) is 5.67. The molecular formula is C12H23NO2. The first-order valence-electron chi connectivity index (χ1n) is 5.96. The second kappa shape index (κ2) is 6.23. The molecule has 0 amide bonds. The van der Waals surface area contributed by atoms with E-state index < -0.39 is 0 Å². The van der Waals surface area contributed by atoms with Gasteiger partial charge in [-0.15, -0.1) is 0 Å². The van der Waals surface area contributed by atoms with Crippen molar-refractivity contribution in [3.8, 4) is 0 Å². The van der Waals surface area contributed by atoms with Crippen molar-refractivity contribution in [1.29, 1.82) is 0 Å². The number of Topliss-reactive ketones (excluding diaryl/α,β-unsaturated/α-hetero) is 1. The van der Waals surface area contributed by atoms with Crippen molar-refractivity contribution in [3.63, 3.8) is 0 Å². The van der Waals surface area contributed by atoms with Gasteiger partial charge in [0, 0.05) is 25.0 Å². The Balaban J connectivity index is 2.47. The van der Waals surface area contributed by atoms with E-state index in [1.165, 1.54) is 0 Å². The second-order valence-electron chi connectivity index (χ2n) is 4.88. The number of ether oxygens (including phenoxy) is 1. The summed E-state index contributed by atoms with van der Waals surface area (Å²) in [7, 11) is 0. The molecule has 0 saturated carbocycles. The lowest BCUT2D eigenvalue weighted by atomic mass is 9.84. The predicted octanol–water partition coefficient (Wildman–Crippen LogP) is 1.60. The van der Waals surface area contributed by atoms with Gasteiger partial charge in [0.15, 0.2) is 0 Å². The molecule has 2 atom stereocenters. The van der Waals surface area contributed by atoms with Crippen LogP contribution in [0.2, 0.25) is 0 Å². The Kier molecular flexibility index (Phi) is 5.26. The van der Waals surface area contributed by atoms with Crippen LogP contribution in [-0.4, -0.2) is 25.5 Å². The lowest BCUT2D eigenvalue weighted by Crippen LogP contribution is -2.34. The molecule has 0 aromatic rings. The van der Waals surface area contributed by atoms with E-state index in [1.807, 2.05) is 0 Å². The molecule has 3 heteroatoms. The van der Waals surface area contributed by atoms with Gasteiger partial charge in [-0.25, -0.2) is 0 Å². The maximum atomic E-state index is 12.1. The molecule has 1 rings (SSSR count). The molecule has 0 radical (unpaired) electrons. The van der Waals surface area contributed by atoms with Gasteiger partial charge in [0.1, 0.15) is 5.78 Å². The highest BCUT2D eigenvalue weighted by Gasteiger charge is 2.28. The van der Waals surface area contributed by atoms with Gasteiger partial charge >= 0.3 is 0 Å². The van der Waals surface area contributed by atoms with E-state index in [1.54, 1.807) is 0 Å². The van der Waals surface area contributed by atoms with Crippen LogP contribution in [0, 0.1) is 17.8 Å². The summed E-state index contributed by atoms with van der Waals surface area (Å²) in [6.07, 6.45) is 2.90. The smallest absolute Gasteiger partial charge is 0.142 e. The largest absolute Gasteiger partial charge is 0.381 e. The molecule has 0 aromatic heterocycles. The number of nitrogens with two attached hydrogens (primary N) is 1. The van der Waals surface area contributed by atoms with Crippen molar-refractivity contribution >= 4 is 5.78 Å². The molecular weight excluding hydrogens is 190 g/mol. The van der Waals surface area contributed by atoms with Gasteiger partial charge < -0.3 is 10.5 Å². The maximum absolute atomic E-state index is 12.1. The van der Waals surface area contributed by atoms with Crippen molar-refractivity contribution < 1.29 is 9.53 Å². The second-order valence-corrected chi connectivity index (χ2v) is 4.88. The minimum atomic E-state index is 0.0386. The Morgan fingerprint density at radius 2 is 2.27 bits per heavy atom. The molecule has 1 heterocycles. The molecule has 1 aliphatic rings. The van der Waals surface area contributed by atoms with Gasteiger partial charge in [-0.3, -0.25) is 4.79 Å². The molecule has 0 bridgehead atoms. The minimum absolute atomic E-state index is 0.0386. The van der Waals surface area contributed by atoms with Crippen molar-refractivity contribution in [3.05, 3.63) is 0 Å². The van der Waals surface area contributed by atoms with Crippen LogP contribution in [0.4, 0.5) is 0 Å². The summed E-state index contributed by atoms with van der Waals surface area (Å²) < 4.78 is 5.34. The minimum Gasteiger partial charge on any atom is -0.381 e. The molecule has 1 aliphatic heterocycles. The first-order chi connectivity index (χ1) is 7.15. The van der Waals surface area contributed by atoms with E-state index in [-0.39, 0.29) is 11.8 Å². The highest BCUT2D eigenvalue weighted by molar-refractivity contribution is 5.83. The zero-order valence-electron chi connectivity index (χ0n) is 9.87. The zero-order chi connectivity index (χ0) is 11.3. The normalized spacial score (nSPS) is 24.1. The Labute approximate surface area is 92.4 Å². The van der Waals surface area contributed by atoms with Crippen LogP contribution in [0.15, 0.2) is 0 Å². The van der Waals surface area contributed by atoms with Gasteiger partial charge in [0.2, 0.25) is 0 Å². The number of hydrogen-bond acceptors (Lipinski definition) is 3. The Morgan fingerprint density at radius 1 is 1.53 bits per heavy atom. The van der Waals surface area contributed by atoms with Crippen molar-refractivity contribution in [2.75, 3.05) is 19.8 Å². The maximum Gasteiger partial charge on any atom is 0.142 e. The van der Waals surface area contributed by atoms with Gasteiger partial charge in [0.25, 0.3) is 0 Å². The summed E-state index contributed by atoms with van der Waals surface area (Å²) in [6.45, 7) is 6.16. The van der Waals surface area contributed by atoms with Gasteiger partial charge in [-0.2, -0.15) is 0 Å². The van der Waals surface area contributed by atoms with Gasteiger partial charge in [-0.05, 0) is 25.2 Å². The number of hydrogen-bond donors (Lipinski definition) is 1. The number of rotatable bonds is 5. The van der Waals surface area contributed by atoms with E-state index in [2.05, 4.69) is 13.8 Å². The highest BCUT2D eigenvalue weighted by atomic mass is 16.5. The third-order valence-corrected chi connectivity index (χ3v) is 3.01. The lowest BCUT2D eigenvalue weighted by Gasteiger charge is -2.25. The summed E-state index contributed by atoms with van der Waals surface area (Å²) in [5.74, 6) is 1.00. The van der Waals surface area contributed by atoms with E-state index in [0.29, 0.717) is 24.9 Å². The van der Waals surface area contributed by atoms with Crippen molar-refractivity contribution in [2.45, 2.75) is 33.1 Å².